The number of carbonyl (C=O) groups excluding carboxylic acids is 1. The van der Waals surface area contributed by atoms with Gasteiger partial charge in [0.05, 0.1) is 18.4 Å². The molecule has 0 spiro atoms. The Morgan fingerprint density at radius 3 is 2.53 bits per heavy atom. The molecule has 2 unspecified atom stereocenters. The Kier molecular flexibility index (Phi) is 6.26. The molecule has 1 fully saturated rings. The van der Waals surface area contributed by atoms with Crippen LogP contribution < -0.4 is 15.0 Å². The second kappa shape index (κ2) is 8.96. The maximum Gasteiger partial charge on any atom is 0.417 e. The first-order valence-electron chi connectivity index (χ1n) is 10.6. The molecule has 0 aliphatic carbocycles. The number of amides is 1. The second-order valence-corrected chi connectivity index (χ2v) is 8.06. The van der Waals surface area contributed by atoms with Crippen LogP contribution in [-0.4, -0.2) is 43.4 Å². The third kappa shape index (κ3) is 4.38. The van der Waals surface area contributed by atoms with Crippen LogP contribution in [0.25, 0.3) is 11.6 Å². The molecule has 2 aromatic rings. The molecule has 2 N–H and O–H groups in total. The van der Waals surface area contributed by atoms with Gasteiger partial charge in [0, 0.05) is 18.2 Å². The smallest absolute Gasteiger partial charge is 0.417 e. The van der Waals surface area contributed by atoms with Crippen LogP contribution in [0.5, 0.6) is 5.75 Å². The van der Waals surface area contributed by atoms with Crippen LogP contribution in [0.15, 0.2) is 42.5 Å². The van der Waals surface area contributed by atoms with E-state index in [0.29, 0.717) is 11.3 Å². The zero-order valence-electron chi connectivity index (χ0n) is 17.7. The summed E-state index contributed by atoms with van der Waals surface area (Å²) in [7, 11) is 1.50. The fourth-order valence-corrected chi connectivity index (χ4v) is 4.33. The molecule has 0 bridgehead atoms. The van der Waals surface area contributed by atoms with E-state index in [0.717, 1.165) is 31.9 Å². The first kappa shape index (κ1) is 22.4. The molecule has 8 heteroatoms. The molecule has 2 aromatic carbocycles. The summed E-state index contributed by atoms with van der Waals surface area (Å²) >= 11 is 0. The van der Waals surface area contributed by atoms with Crippen LogP contribution in [0.3, 0.4) is 0 Å². The third-order valence-corrected chi connectivity index (χ3v) is 6.01. The van der Waals surface area contributed by atoms with E-state index in [4.69, 9.17) is 4.74 Å². The van der Waals surface area contributed by atoms with Gasteiger partial charge in [-0.3, -0.25) is 4.79 Å². The van der Waals surface area contributed by atoms with Gasteiger partial charge in [-0.05, 0) is 60.9 Å². The number of anilines is 1. The summed E-state index contributed by atoms with van der Waals surface area (Å²) in [6.07, 6.45) is -2.11. The molecule has 0 saturated carbocycles. The van der Waals surface area contributed by atoms with Crippen molar-refractivity contribution >= 4 is 23.2 Å². The number of ether oxygens (including phenoxy) is 1. The summed E-state index contributed by atoms with van der Waals surface area (Å²) in [6.45, 7) is 0.980. The van der Waals surface area contributed by atoms with Crippen molar-refractivity contribution in [2.75, 3.05) is 25.1 Å². The average molecular weight is 446 g/mol. The maximum atomic E-state index is 13.9. The van der Waals surface area contributed by atoms with Gasteiger partial charge in [-0.15, -0.1) is 0 Å². The lowest BCUT2D eigenvalue weighted by atomic mass is 9.96. The highest BCUT2D eigenvalue weighted by Crippen LogP contribution is 2.41. The van der Waals surface area contributed by atoms with E-state index in [1.165, 1.54) is 30.2 Å². The highest BCUT2D eigenvalue weighted by molar-refractivity contribution is 6.11. The van der Waals surface area contributed by atoms with Crippen molar-refractivity contribution in [1.29, 1.82) is 0 Å². The fourth-order valence-electron chi connectivity index (χ4n) is 4.33. The number of fused-ring (bicyclic) bond motifs is 1. The normalized spacial score (nSPS) is 21.6. The molecule has 170 valence electrons. The van der Waals surface area contributed by atoms with Crippen molar-refractivity contribution in [3.05, 3.63) is 59.2 Å². The highest BCUT2D eigenvalue weighted by Gasteiger charge is 2.39. The number of nitrogens with one attached hydrogen (secondary N) is 1. The number of halogens is 3. The first-order chi connectivity index (χ1) is 15.3. The van der Waals surface area contributed by atoms with Gasteiger partial charge < -0.3 is 20.1 Å². The molecule has 2 heterocycles. The molecule has 5 nitrogen and oxygen atoms in total. The van der Waals surface area contributed by atoms with Gasteiger partial charge in [-0.2, -0.15) is 13.2 Å². The van der Waals surface area contributed by atoms with Crippen LogP contribution in [0.1, 0.15) is 36.0 Å². The Hall–Kier alpha value is -2.84. The monoisotopic (exact) mass is 446 g/mol. The molecule has 32 heavy (non-hydrogen) atoms. The van der Waals surface area contributed by atoms with Gasteiger partial charge in [0.2, 0.25) is 0 Å². The van der Waals surface area contributed by atoms with E-state index in [-0.39, 0.29) is 29.4 Å². The lowest BCUT2D eigenvalue weighted by Crippen LogP contribution is -2.48. The van der Waals surface area contributed by atoms with E-state index in [1.54, 1.807) is 24.3 Å². The predicted molar refractivity (Wildman–Crippen MR) is 116 cm³/mol. The molecule has 1 saturated heterocycles. The first-order valence-corrected chi connectivity index (χ1v) is 10.6. The standard InChI is InChI=1S/C24H25F3N2O3/c1-32-17-10-8-15(9-11-17)18-13-19-20(24(25,26)27)6-4-7-21(19)29(23(31)22(18)30)14-16-5-2-3-12-28-16/h4,6-11,13,16,22,28,30H,2-3,5,12,14H2,1H3. The number of methoxy groups -OCH3 is 1. The van der Waals surface area contributed by atoms with E-state index < -0.39 is 23.8 Å². The van der Waals surface area contributed by atoms with Crippen LogP contribution >= 0.6 is 0 Å². The number of nitrogens with zero attached hydrogens (tertiary/aromatic N) is 1. The molecule has 0 radical (unpaired) electrons. The summed E-state index contributed by atoms with van der Waals surface area (Å²) < 4.78 is 46.8. The molecule has 2 aliphatic rings. The van der Waals surface area contributed by atoms with Crippen molar-refractivity contribution in [3.63, 3.8) is 0 Å². The van der Waals surface area contributed by atoms with Gasteiger partial charge in [-0.1, -0.05) is 24.6 Å². The number of carbonyl (C=O) groups is 1. The van der Waals surface area contributed by atoms with Gasteiger partial charge in [-0.25, -0.2) is 0 Å². The fraction of sp³-hybridized carbons (Fsp3) is 0.375. The molecule has 0 aromatic heterocycles. The minimum absolute atomic E-state index is 0.0511. The lowest BCUT2D eigenvalue weighted by molar-refractivity contribution is -0.137. The summed E-state index contributed by atoms with van der Waals surface area (Å²) in [6, 6.07) is 10.3. The molecule has 2 aliphatic heterocycles. The van der Waals surface area contributed by atoms with Crippen LogP contribution in [0.2, 0.25) is 0 Å². The van der Waals surface area contributed by atoms with Crippen LogP contribution in [-0.2, 0) is 11.0 Å². The summed E-state index contributed by atoms with van der Waals surface area (Å²) in [4.78, 5) is 14.6. The van der Waals surface area contributed by atoms with Gasteiger partial charge >= 0.3 is 6.18 Å². The second-order valence-electron chi connectivity index (χ2n) is 8.06. The van der Waals surface area contributed by atoms with E-state index in [1.807, 2.05) is 0 Å². The molecule has 1 amide bonds. The number of hydrogen-bond acceptors (Lipinski definition) is 4. The van der Waals surface area contributed by atoms with E-state index >= 15 is 0 Å². The number of piperidine rings is 1. The SMILES string of the molecule is COc1ccc(C2=Cc3c(cccc3C(F)(F)F)N(CC3CCCCN3)C(=O)C2O)cc1. The quantitative estimate of drug-likeness (QED) is 0.742. The summed E-state index contributed by atoms with van der Waals surface area (Å²) in [5.41, 5.74) is -0.238. The van der Waals surface area contributed by atoms with Crippen molar-refractivity contribution in [2.45, 2.75) is 37.6 Å². The van der Waals surface area contributed by atoms with Crippen molar-refractivity contribution in [1.82, 2.24) is 5.32 Å². The van der Waals surface area contributed by atoms with Crippen molar-refractivity contribution in [3.8, 4) is 5.75 Å². The zero-order valence-corrected chi connectivity index (χ0v) is 17.7. The maximum absolute atomic E-state index is 13.9. The van der Waals surface area contributed by atoms with Gasteiger partial charge in [0.15, 0.2) is 6.10 Å². The van der Waals surface area contributed by atoms with Gasteiger partial charge in [0.25, 0.3) is 5.91 Å². The zero-order chi connectivity index (χ0) is 22.9. The topological polar surface area (TPSA) is 61.8 Å². The minimum Gasteiger partial charge on any atom is -0.497 e. The average Bonchev–Trinajstić information content (AvgIpc) is 2.89. The number of alkyl halides is 3. The number of hydrogen-bond donors (Lipinski definition) is 2. The Balaban J connectivity index is 1.84. The van der Waals surface area contributed by atoms with E-state index in [9.17, 15) is 23.1 Å². The highest BCUT2D eigenvalue weighted by atomic mass is 19.4. The van der Waals surface area contributed by atoms with Crippen LogP contribution in [0.4, 0.5) is 18.9 Å². The van der Waals surface area contributed by atoms with Crippen molar-refractivity contribution in [2.24, 2.45) is 0 Å². The Morgan fingerprint density at radius 2 is 1.91 bits per heavy atom. The van der Waals surface area contributed by atoms with E-state index in [2.05, 4.69) is 5.32 Å². The number of aliphatic hydroxyl groups is 1. The Morgan fingerprint density at radius 1 is 1.16 bits per heavy atom. The predicted octanol–water partition coefficient (Wildman–Crippen LogP) is 4.10. The molecule has 4 rings (SSSR count). The lowest BCUT2D eigenvalue weighted by Gasteiger charge is -2.32. The largest absolute Gasteiger partial charge is 0.497 e. The molecule has 2 atom stereocenters. The number of rotatable bonds is 4. The molecular weight excluding hydrogens is 421 g/mol. The third-order valence-electron chi connectivity index (χ3n) is 6.01. The number of aliphatic hydroxyl groups excluding tert-OH is 1. The Labute approximate surface area is 184 Å². The van der Waals surface area contributed by atoms with Crippen LogP contribution in [0, 0.1) is 0 Å². The summed E-state index contributed by atoms with van der Waals surface area (Å²) in [5, 5.41) is 14.3. The minimum atomic E-state index is -4.61. The molecular formula is C24H25F3N2O3. The van der Waals surface area contributed by atoms with Crippen molar-refractivity contribution < 1.29 is 27.8 Å². The Bertz CT molecular complexity index is 1010. The summed E-state index contributed by atoms with van der Waals surface area (Å²) in [5.74, 6) is -0.0808. The van der Waals surface area contributed by atoms with Gasteiger partial charge in [0.1, 0.15) is 5.75 Å². The number of benzene rings is 2.